The van der Waals surface area contributed by atoms with Crippen molar-refractivity contribution >= 4 is 11.4 Å². The topological polar surface area (TPSA) is 40.6 Å². The van der Waals surface area contributed by atoms with Crippen LogP contribution >= 0.6 is 0 Å². The first kappa shape index (κ1) is 17.2. The molecule has 1 aromatic heterocycles. The van der Waals surface area contributed by atoms with Gasteiger partial charge in [-0.2, -0.15) is 0 Å². The van der Waals surface area contributed by atoms with Crippen LogP contribution in [0.15, 0.2) is 42.6 Å². The van der Waals surface area contributed by atoms with Gasteiger partial charge in [0.15, 0.2) is 0 Å². The fraction of sp³-hybridized carbons (Fsp3) is 0.450. The molecule has 0 saturated carbocycles. The molecule has 1 atom stereocenters. The van der Waals surface area contributed by atoms with Crippen LogP contribution in [0.25, 0.3) is 0 Å². The van der Waals surface area contributed by atoms with Crippen LogP contribution in [0.1, 0.15) is 5.69 Å². The van der Waals surface area contributed by atoms with E-state index in [1.165, 1.54) is 11.8 Å². The Balaban J connectivity index is 1.42. The quantitative estimate of drug-likeness (QED) is 0.908. The van der Waals surface area contributed by atoms with Crippen LogP contribution in [0.5, 0.6) is 0 Å². The van der Waals surface area contributed by atoms with Crippen LogP contribution < -0.4 is 15.1 Å². The maximum atomic E-state index is 13.5. The molecule has 0 amide bonds. The van der Waals surface area contributed by atoms with E-state index in [4.69, 9.17) is 4.74 Å². The number of hydrogen-bond acceptors (Lipinski definition) is 5. The molecule has 2 aliphatic rings. The number of piperazine rings is 1. The molecule has 3 heterocycles. The number of halogens is 1. The summed E-state index contributed by atoms with van der Waals surface area (Å²) in [5.74, 6) is -0.183. The van der Waals surface area contributed by atoms with E-state index in [-0.39, 0.29) is 5.82 Å². The largest absolute Gasteiger partial charge is 0.378 e. The average molecular weight is 356 g/mol. The molecule has 26 heavy (non-hydrogen) atoms. The number of ether oxygens (including phenoxy) is 1. The van der Waals surface area contributed by atoms with Crippen molar-refractivity contribution in [2.24, 2.45) is 0 Å². The summed E-state index contributed by atoms with van der Waals surface area (Å²) in [6.07, 6.45) is 2.76. The van der Waals surface area contributed by atoms with Crippen molar-refractivity contribution < 1.29 is 9.13 Å². The van der Waals surface area contributed by atoms with E-state index in [1.807, 2.05) is 12.3 Å². The van der Waals surface area contributed by atoms with Crippen LogP contribution in [-0.4, -0.2) is 57.0 Å². The summed E-state index contributed by atoms with van der Waals surface area (Å²) in [7, 11) is 0. The van der Waals surface area contributed by atoms with Gasteiger partial charge in [-0.15, -0.1) is 0 Å². The third-order valence-corrected chi connectivity index (χ3v) is 5.06. The van der Waals surface area contributed by atoms with E-state index in [0.717, 1.165) is 63.7 Å². The minimum absolute atomic E-state index is 0.183. The first-order chi connectivity index (χ1) is 12.8. The van der Waals surface area contributed by atoms with Gasteiger partial charge in [0.2, 0.25) is 0 Å². The molecule has 1 unspecified atom stereocenters. The van der Waals surface area contributed by atoms with Crippen LogP contribution in [0.3, 0.4) is 0 Å². The predicted molar refractivity (Wildman–Crippen MR) is 101 cm³/mol. The molecular weight excluding hydrogens is 331 g/mol. The Morgan fingerprint density at radius 2 is 1.92 bits per heavy atom. The van der Waals surface area contributed by atoms with E-state index in [0.29, 0.717) is 6.04 Å². The van der Waals surface area contributed by atoms with Crippen LogP contribution in [0, 0.1) is 5.82 Å². The first-order valence-electron chi connectivity index (χ1n) is 9.29. The molecule has 0 bridgehead atoms. The summed E-state index contributed by atoms with van der Waals surface area (Å²) in [6, 6.07) is 11.4. The normalized spacial score (nSPS) is 21.0. The number of hydrogen-bond donors (Lipinski definition) is 1. The minimum Gasteiger partial charge on any atom is -0.378 e. The monoisotopic (exact) mass is 356 g/mol. The lowest BCUT2D eigenvalue weighted by Crippen LogP contribution is -2.51. The predicted octanol–water partition coefficient (Wildman–Crippen LogP) is 2.08. The van der Waals surface area contributed by atoms with Gasteiger partial charge in [0, 0.05) is 68.5 Å². The smallest absolute Gasteiger partial charge is 0.125 e. The Morgan fingerprint density at radius 3 is 2.77 bits per heavy atom. The highest BCUT2D eigenvalue weighted by Crippen LogP contribution is 2.20. The third-order valence-electron chi connectivity index (χ3n) is 5.06. The van der Waals surface area contributed by atoms with Crippen molar-refractivity contribution in [3.63, 3.8) is 0 Å². The van der Waals surface area contributed by atoms with E-state index in [1.54, 1.807) is 12.1 Å². The highest BCUT2D eigenvalue weighted by Gasteiger charge is 2.21. The summed E-state index contributed by atoms with van der Waals surface area (Å²) in [5, 5.41) is 3.57. The maximum absolute atomic E-state index is 13.5. The molecule has 2 fully saturated rings. The highest BCUT2D eigenvalue weighted by atomic mass is 19.1. The number of nitrogens with one attached hydrogen (secondary N) is 1. The van der Waals surface area contributed by atoms with Crippen LogP contribution in [-0.2, 0) is 11.2 Å². The number of aromatic nitrogens is 1. The van der Waals surface area contributed by atoms with Gasteiger partial charge in [0.25, 0.3) is 0 Å². The fourth-order valence-electron chi connectivity index (χ4n) is 3.72. The molecule has 138 valence electrons. The molecule has 2 aliphatic heterocycles. The lowest BCUT2D eigenvalue weighted by molar-refractivity contribution is 0.122. The lowest BCUT2D eigenvalue weighted by atomic mass is 10.1. The molecule has 0 aliphatic carbocycles. The summed E-state index contributed by atoms with van der Waals surface area (Å²) in [6.45, 7) is 6.06. The molecule has 4 rings (SSSR count). The molecule has 0 radical (unpaired) electrons. The second kappa shape index (κ2) is 8.01. The van der Waals surface area contributed by atoms with Gasteiger partial charge in [0.05, 0.1) is 13.2 Å². The summed E-state index contributed by atoms with van der Waals surface area (Å²) < 4.78 is 19.0. The van der Waals surface area contributed by atoms with Crippen molar-refractivity contribution in [1.82, 2.24) is 10.3 Å². The molecule has 5 nitrogen and oxygen atoms in total. The van der Waals surface area contributed by atoms with Crippen molar-refractivity contribution in [3.05, 3.63) is 54.1 Å². The van der Waals surface area contributed by atoms with Crippen molar-refractivity contribution in [2.75, 3.05) is 55.7 Å². The van der Waals surface area contributed by atoms with Gasteiger partial charge in [-0.25, -0.2) is 4.39 Å². The van der Waals surface area contributed by atoms with Gasteiger partial charge in [-0.3, -0.25) is 4.98 Å². The highest BCUT2D eigenvalue weighted by molar-refractivity contribution is 5.48. The Morgan fingerprint density at radius 1 is 1.08 bits per heavy atom. The van der Waals surface area contributed by atoms with E-state index >= 15 is 0 Å². The van der Waals surface area contributed by atoms with Gasteiger partial charge in [0.1, 0.15) is 5.82 Å². The zero-order valence-electron chi connectivity index (χ0n) is 14.9. The molecule has 2 saturated heterocycles. The molecule has 1 aromatic carbocycles. The third kappa shape index (κ3) is 4.14. The Labute approximate surface area is 153 Å². The standard InChI is InChI=1S/C20H25FN4O/c21-16-2-1-3-19(12-16)25-7-6-23-18(15-25)13-17-14-20(4-5-22-17)24-8-10-26-11-9-24/h1-5,12,14,18,23H,6-11,13,15H2. The fourth-order valence-corrected chi connectivity index (χ4v) is 3.72. The second-order valence-corrected chi connectivity index (χ2v) is 6.89. The number of benzene rings is 1. The van der Waals surface area contributed by atoms with Gasteiger partial charge in [-0.1, -0.05) is 6.07 Å². The molecule has 2 aromatic rings. The van der Waals surface area contributed by atoms with Crippen molar-refractivity contribution in [2.45, 2.75) is 12.5 Å². The second-order valence-electron chi connectivity index (χ2n) is 6.89. The van der Waals surface area contributed by atoms with Crippen LogP contribution in [0.4, 0.5) is 15.8 Å². The molecule has 6 heteroatoms. The Kier molecular flexibility index (Phi) is 5.32. The number of morpholine rings is 1. The van der Waals surface area contributed by atoms with Gasteiger partial charge < -0.3 is 19.9 Å². The minimum atomic E-state index is -0.183. The summed E-state index contributed by atoms with van der Waals surface area (Å²) >= 11 is 0. The van der Waals surface area contributed by atoms with Crippen molar-refractivity contribution in [1.29, 1.82) is 0 Å². The molecule has 1 N–H and O–H groups in total. The Hall–Kier alpha value is -2.18. The Bertz CT molecular complexity index is 735. The SMILES string of the molecule is Fc1cccc(N2CCNC(Cc3cc(N4CCOCC4)ccn3)C2)c1. The summed E-state index contributed by atoms with van der Waals surface area (Å²) in [5.41, 5.74) is 3.26. The van der Waals surface area contributed by atoms with Crippen molar-refractivity contribution in [3.8, 4) is 0 Å². The molecule has 0 spiro atoms. The van der Waals surface area contributed by atoms with Gasteiger partial charge in [-0.05, 0) is 30.3 Å². The first-order valence-corrected chi connectivity index (χ1v) is 9.29. The number of anilines is 2. The molecular formula is C20H25FN4O. The van der Waals surface area contributed by atoms with E-state index < -0.39 is 0 Å². The van der Waals surface area contributed by atoms with Crippen LogP contribution in [0.2, 0.25) is 0 Å². The maximum Gasteiger partial charge on any atom is 0.125 e. The average Bonchev–Trinajstić information content (AvgIpc) is 2.69. The number of nitrogens with zero attached hydrogens (tertiary/aromatic N) is 3. The van der Waals surface area contributed by atoms with E-state index in [2.05, 4.69) is 32.2 Å². The number of rotatable bonds is 4. The van der Waals surface area contributed by atoms with E-state index in [9.17, 15) is 4.39 Å². The zero-order valence-corrected chi connectivity index (χ0v) is 14.9. The number of pyridine rings is 1. The van der Waals surface area contributed by atoms with Gasteiger partial charge >= 0.3 is 0 Å². The summed E-state index contributed by atoms with van der Waals surface area (Å²) in [4.78, 5) is 9.16. The lowest BCUT2D eigenvalue weighted by Gasteiger charge is -2.35. The zero-order chi connectivity index (χ0) is 17.8.